The summed E-state index contributed by atoms with van der Waals surface area (Å²) in [4.78, 5) is 11.5. The van der Waals surface area contributed by atoms with Crippen molar-refractivity contribution in [1.29, 1.82) is 5.26 Å². The van der Waals surface area contributed by atoms with Crippen LogP contribution in [-0.4, -0.2) is 11.6 Å². The summed E-state index contributed by atoms with van der Waals surface area (Å²) >= 11 is 11.5. The minimum Gasteiger partial charge on any atom is -0.320 e. The number of amides is 2. The Labute approximate surface area is 110 Å². The maximum atomic E-state index is 11.5. The zero-order valence-electron chi connectivity index (χ0n) is 9.34. The highest BCUT2D eigenvalue weighted by Crippen LogP contribution is 2.24. The molecule has 17 heavy (non-hydrogen) atoms. The van der Waals surface area contributed by atoms with Crippen molar-refractivity contribution in [1.82, 2.24) is 5.32 Å². The highest BCUT2D eigenvalue weighted by molar-refractivity contribution is 6.42. The Kier molecular flexibility index (Phi) is 4.22. The second-order valence-corrected chi connectivity index (χ2v) is 4.76. The predicted molar refractivity (Wildman–Crippen MR) is 68.3 cm³/mol. The van der Waals surface area contributed by atoms with E-state index in [1.165, 1.54) is 6.07 Å². The van der Waals surface area contributed by atoms with Gasteiger partial charge in [-0.05, 0) is 32.0 Å². The van der Waals surface area contributed by atoms with Crippen molar-refractivity contribution in [3.05, 3.63) is 28.2 Å². The summed E-state index contributed by atoms with van der Waals surface area (Å²) in [5.41, 5.74) is -0.425. The molecule has 0 aromatic heterocycles. The van der Waals surface area contributed by atoms with Crippen LogP contribution in [0.1, 0.15) is 13.8 Å². The third-order valence-electron chi connectivity index (χ3n) is 1.88. The molecule has 90 valence electrons. The lowest BCUT2D eigenvalue weighted by Gasteiger charge is -2.17. The first kappa shape index (κ1) is 13.6. The van der Waals surface area contributed by atoms with Crippen LogP contribution >= 0.6 is 23.2 Å². The van der Waals surface area contributed by atoms with Crippen LogP contribution in [0.15, 0.2) is 18.2 Å². The molecule has 1 aromatic rings. The third kappa shape index (κ3) is 4.14. The molecule has 0 heterocycles. The fourth-order valence-corrected chi connectivity index (χ4v) is 1.35. The Morgan fingerprint density at radius 2 is 2.00 bits per heavy atom. The van der Waals surface area contributed by atoms with Gasteiger partial charge in [-0.25, -0.2) is 4.79 Å². The average Bonchev–Trinajstić information content (AvgIpc) is 2.23. The van der Waals surface area contributed by atoms with Crippen LogP contribution < -0.4 is 10.6 Å². The number of nitriles is 1. The fourth-order valence-electron chi connectivity index (χ4n) is 1.05. The van der Waals surface area contributed by atoms with Crippen molar-refractivity contribution < 1.29 is 4.79 Å². The molecule has 2 amide bonds. The lowest BCUT2D eigenvalue weighted by Crippen LogP contribution is -2.44. The molecule has 0 unspecified atom stereocenters. The number of carbonyl (C=O) groups is 1. The molecule has 0 saturated heterocycles. The average molecular weight is 272 g/mol. The van der Waals surface area contributed by atoms with E-state index in [0.29, 0.717) is 15.7 Å². The van der Waals surface area contributed by atoms with E-state index in [4.69, 9.17) is 28.5 Å². The van der Waals surface area contributed by atoms with E-state index >= 15 is 0 Å². The topological polar surface area (TPSA) is 64.9 Å². The highest BCUT2D eigenvalue weighted by atomic mass is 35.5. The number of rotatable bonds is 2. The van der Waals surface area contributed by atoms with Crippen LogP contribution in [-0.2, 0) is 0 Å². The van der Waals surface area contributed by atoms with E-state index in [2.05, 4.69) is 10.6 Å². The zero-order chi connectivity index (χ0) is 13.1. The SMILES string of the molecule is CC(C)(C#N)NC(=O)Nc1ccc(Cl)c(Cl)c1. The lowest BCUT2D eigenvalue weighted by atomic mass is 10.1. The van der Waals surface area contributed by atoms with Crippen molar-refractivity contribution in [2.75, 3.05) is 5.32 Å². The number of benzene rings is 1. The van der Waals surface area contributed by atoms with Crippen LogP contribution in [0.25, 0.3) is 0 Å². The number of urea groups is 1. The molecule has 0 radical (unpaired) electrons. The van der Waals surface area contributed by atoms with Gasteiger partial charge in [-0.3, -0.25) is 0 Å². The quantitative estimate of drug-likeness (QED) is 0.866. The van der Waals surface area contributed by atoms with Crippen molar-refractivity contribution >= 4 is 34.9 Å². The van der Waals surface area contributed by atoms with Gasteiger partial charge in [0.25, 0.3) is 0 Å². The molecule has 4 nitrogen and oxygen atoms in total. The van der Waals surface area contributed by atoms with Crippen LogP contribution in [0.4, 0.5) is 10.5 Å². The molecular weight excluding hydrogens is 261 g/mol. The van der Waals surface area contributed by atoms with E-state index in [0.717, 1.165) is 0 Å². The smallest absolute Gasteiger partial charge is 0.320 e. The summed E-state index contributed by atoms with van der Waals surface area (Å²) in [5.74, 6) is 0. The van der Waals surface area contributed by atoms with E-state index < -0.39 is 11.6 Å². The van der Waals surface area contributed by atoms with Crippen molar-refractivity contribution in [2.45, 2.75) is 19.4 Å². The number of nitrogens with zero attached hydrogens (tertiary/aromatic N) is 1. The van der Waals surface area contributed by atoms with Crippen molar-refractivity contribution in [3.63, 3.8) is 0 Å². The van der Waals surface area contributed by atoms with Gasteiger partial charge < -0.3 is 10.6 Å². The van der Waals surface area contributed by atoms with Gasteiger partial charge in [-0.15, -0.1) is 0 Å². The maximum Gasteiger partial charge on any atom is 0.320 e. The Morgan fingerprint density at radius 1 is 1.35 bits per heavy atom. The number of anilines is 1. The maximum absolute atomic E-state index is 11.5. The standard InChI is InChI=1S/C11H11Cl2N3O/c1-11(2,6-14)16-10(17)15-7-3-4-8(12)9(13)5-7/h3-5H,1-2H3,(H2,15,16,17). The normalized spacial score (nSPS) is 10.5. The summed E-state index contributed by atoms with van der Waals surface area (Å²) < 4.78 is 0. The van der Waals surface area contributed by atoms with Gasteiger partial charge in [0.2, 0.25) is 0 Å². The van der Waals surface area contributed by atoms with Crippen LogP contribution in [0.2, 0.25) is 10.0 Å². The van der Waals surface area contributed by atoms with E-state index in [-0.39, 0.29) is 0 Å². The molecule has 1 rings (SSSR count). The largest absolute Gasteiger partial charge is 0.320 e. The van der Waals surface area contributed by atoms with Crippen LogP contribution in [0.5, 0.6) is 0 Å². The number of hydrogen-bond acceptors (Lipinski definition) is 2. The molecule has 6 heteroatoms. The van der Waals surface area contributed by atoms with Gasteiger partial charge in [0.05, 0.1) is 16.1 Å². The van der Waals surface area contributed by atoms with Crippen molar-refractivity contribution in [2.24, 2.45) is 0 Å². The number of halogens is 2. The number of carbonyl (C=O) groups excluding carboxylic acids is 1. The molecule has 0 aliphatic rings. The molecule has 0 bridgehead atoms. The first-order valence-electron chi connectivity index (χ1n) is 4.79. The van der Waals surface area contributed by atoms with Crippen molar-refractivity contribution in [3.8, 4) is 6.07 Å². The van der Waals surface area contributed by atoms with Crippen LogP contribution in [0.3, 0.4) is 0 Å². The molecule has 1 aromatic carbocycles. The summed E-state index contributed by atoms with van der Waals surface area (Å²) in [7, 11) is 0. The number of nitrogens with one attached hydrogen (secondary N) is 2. The third-order valence-corrected chi connectivity index (χ3v) is 2.62. The first-order chi connectivity index (χ1) is 7.84. The molecule has 0 aliphatic heterocycles. The minimum absolute atomic E-state index is 0.351. The van der Waals surface area contributed by atoms with Gasteiger partial charge in [-0.1, -0.05) is 23.2 Å². The second-order valence-electron chi connectivity index (χ2n) is 3.94. The highest BCUT2D eigenvalue weighted by Gasteiger charge is 2.19. The van der Waals surface area contributed by atoms with E-state index in [1.54, 1.807) is 26.0 Å². The van der Waals surface area contributed by atoms with Gasteiger partial charge in [-0.2, -0.15) is 5.26 Å². The molecule has 2 N–H and O–H groups in total. The minimum atomic E-state index is -0.930. The summed E-state index contributed by atoms with van der Waals surface area (Å²) in [5, 5.41) is 14.6. The van der Waals surface area contributed by atoms with Crippen LogP contribution in [0, 0.1) is 11.3 Å². The second kappa shape index (κ2) is 5.26. The lowest BCUT2D eigenvalue weighted by molar-refractivity contribution is 0.246. The molecule has 0 fully saturated rings. The van der Waals surface area contributed by atoms with Gasteiger partial charge >= 0.3 is 6.03 Å². The summed E-state index contributed by atoms with van der Waals surface area (Å²) in [6, 6.07) is 6.21. The molecule has 0 spiro atoms. The summed E-state index contributed by atoms with van der Waals surface area (Å²) in [6.07, 6.45) is 0. The summed E-state index contributed by atoms with van der Waals surface area (Å²) in [6.45, 7) is 3.20. The molecule has 0 saturated carbocycles. The molecule has 0 aliphatic carbocycles. The Morgan fingerprint density at radius 3 is 2.53 bits per heavy atom. The Bertz CT molecular complexity index is 480. The zero-order valence-corrected chi connectivity index (χ0v) is 10.9. The van der Waals surface area contributed by atoms with Gasteiger partial charge in [0.15, 0.2) is 0 Å². The Hall–Kier alpha value is -1.44. The van der Waals surface area contributed by atoms with Gasteiger partial charge in [0, 0.05) is 5.69 Å². The molecular formula is C11H11Cl2N3O. The van der Waals surface area contributed by atoms with E-state index in [1.807, 2.05) is 6.07 Å². The van der Waals surface area contributed by atoms with E-state index in [9.17, 15) is 4.79 Å². The monoisotopic (exact) mass is 271 g/mol. The first-order valence-corrected chi connectivity index (χ1v) is 5.55. The molecule has 0 atom stereocenters. The number of hydrogen-bond donors (Lipinski definition) is 2. The predicted octanol–water partition coefficient (Wildman–Crippen LogP) is 3.42. The van der Waals surface area contributed by atoms with Gasteiger partial charge in [0.1, 0.15) is 5.54 Å². The Balaban J connectivity index is 2.69. The fraction of sp³-hybridized carbons (Fsp3) is 0.273.